The summed E-state index contributed by atoms with van der Waals surface area (Å²) in [6.07, 6.45) is 0. The molecule has 0 unspecified atom stereocenters. The summed E-state index contributed by atoms with van der Waals surface area (Å²) >= 11 is 0. The lowest BCUT2D eigenvalue weighted by molar-refractivity contribution is 0.669. The molecule has 10 rings (SSSR count). The molecule has 49 heavy (non-hydrogen) atoms. The van der Waals surface area contributed by atoms with Crippen molar-refractivity contribution in [2.75, 3.05) is 0 Å². The van der Waals surface area contributed by atoms with Crippen LogP contribution in [0, 0.1) is 0 Å². The second-order valence-electron chi connectivity index (χ2n) is 12.7. The highest BCUT2D eigenvalue weighted by Gasteiger charge is 2.22. The highest BCUT2D eigenvalue weighted by Crippen LogP contribution is 2.49. The van der Waals surface area contributed by atoms with Crippen LogP contribution >= 0.6 is 0 Å². The van der Waals surface area contributed by atoms with E-state index in [0.29, 0.717) is 0 Å². The maximum Gasteiger partial charge on any atom is 0.136 e. The van der Waals surface area contributed by atoms with E-state index in [1.165, 1.54) is 76.8 Å². The normalized spacial score (nSPS) is 11.7. The molecule has 0 fully saturated rings. The first-order valence-electron chi connectivity index (χ1n) is 16.9. The van der Waals surface area contributed by atoms with Crippen LogP contribution in [0.5, 0.6) is 0 Å². The summed E-state index contributed by atoms with van der Waals surface area (Å²) in [7, 11) is 0. The van der Waals surface area contributed by atoms with Gasteiger partial charge in [-0.05, 0) is 83.4 Å². The van der Waals surface area contributed by atoms with Crippen molar-refractivity contribution in [3.8, 4) is 44.5 Å². The Hall–Kier alpha value is -6.44. The zero-order valence-corrected chi connectivity index (χ0v) is 26.7. The van der Waals surface area contributed by atoms with E-state index < -0.39 is 0 Å². The minimum absolute atomic E-state index is 0.900. The third kappa shape index (κ3) is 4.26. The van der Waals surface area contributed by atoms with Crippen molar-refractivity contribution in [3.05, 3.63) is 182 Å². The van der Waals surface area contributed by atoms with Gasteiger partial charge in [-0.1, -0.05) is 170 Å². The van der Waals surface area contributed by atoms with E-state index in [-0.39, 0.29) is 0 Å². The third-order valence-electron chi connectivity index (χ3n) is 10.1. The predicted molar refractivity (Wildman–Crippen MR) is 208 cm³/mol. The molecule has 9 aromatic carbocycles. The number of rotatable bonds is 4. The lowest BCUT2D eigenvalue weighted by atomic mass is 9.82. The molecule has 10 aromatic rings. The molecule has 0 aliphatic heterocycles. The van der Waals surface area contributed by atoms with Crippen molar-refractivity contribution in [1.29, 1.82) is 0 Å². The first-order valence-corrected chi connectivity index (χ1v) is 16.9. The smallest absolute Gasteiger partial charge is 0.136 e. The summed E-state index contributed by atoms with van der Waals surface area (Å²) < 4.78 is 6.45. The molecule has 0 aliphatic carbocycles. The molecule has 0 aliphatic rings. The van der Waals surface area contributed by atoms with Crippen molar-refractivity contribution in [3.63, 3.8) is 0 Å². The van der Waals surface area contributed by atoms with Crippen molar-refractivity contribution in [2.24, 2.45) is 0 Å². The molecule has 0 saturated heterocycles. The largest absolute Gasteiger partial charge is 0.456 e. The molecule has 1 heteroatoms. The van der Waals surface area contributed by atoms with Crippen LogP contribution in [0.2, 0.25) is 0 Å². The Morgan fingerprint density at radius 1 is 0.245 bits per heavy atom. The van der Waals surface area contributed by atoms with E-state index in [4.69, 9.17) is 4.42 Å². The van der Waals surface area contributed by atoms with E-state index >= 15 is 0 Å². The van der Waals surface area contributed by atoms with Crippen LogP contribution in [-0.2, 0) is 0 Å². The number of para-hydroxylation sites is 1. The number of fused-ring (bicyclic) bond motifs is 6. The number of benzene rings is 9. The minimum Gasteiger partial charge on any atom is -0.456 e. The molecular weight excluding hydrogens is 593 g/mol. The molecule has 228 valence electrons. The summed E-state index contributed by atoms with van der Waals surface area (Å²) in [5.41, 5.74) is 11.6. The van der Waals surface area contributed by atoms with Gasteiger partial charge in [0.15, 0.2) is 0 Å². The van der Waals surface area contributed by atoms with Crippen LogP contribution < -0.4 is 0 Å². The molecule has 0 radical (unpaired) electrons. The van der Waals surface area contributed by atoms with E-state index in [2.05, 4.69) is 176 Å². The van der Waals surface area contributed by atoms with Gasteiger partial charge in [0.2, 0.25) is 0 Å². The van der Waals surface area contributed by atoms with Crippen LogP contribution in [0.15, 0.2) is 186 Å². The lowest BCUT2D eigenvalue weighted by Crippen LogP contribution is -1.93. The monoisotopic (exact) mass is 622 g/mol. The first kappa shape index (κ1) is 27.7. The Bertz CT molecular complexity index is 2800. The Kier molecular flexibility index (Phi) is 6.25. The zero-order chi connectivity index (χ0) is 32.3. The predicted octanol–water partition coefficient (Wildman–Crippen LogP) is 13.7. The van der Waals surface area contributed by atoms with Gasteiger partial charge in [0.05, 0.1) is 0 Å². The first-order chi connectivity index (χ1) is 24.3. The molecular formula is C48H30O. The summed E-state index contributed by atoms with van der Waals surface area (Å²) in [4.78, 5) is 0. The van der Waals surface area contributed by atoms with Crippen LogP contribution in [0.25, 0.3) is 98.8 Å². The number of hydrogen-bond donors (Lipinski definition) is 0. The van der Waals surface area contributed by atoms with Crippen LogP contribution in [0.3, 0.4) is 0 Å². The van der Waals surface area contributed by atoms with Gasteiger partial charge >= 0.3 is 0 Å². The van der Waals surface area contributed by atoms with Gasteiger partial charge in [-0.25, -0.2) is 0 Å². The Balaban J connectivity index is 1.33. The SMILES string of the molecule is c1ccc(-c2ccc3oc4ccccc4c3c2-c2ccc(-c3c4ccccc4c(-c4ccccc4)c4ccccc34)c3ccccc23)cc1. The molecule has 0 spiro atoms. The average Bonchev–Trinajstić information content (AvgIpc) is 3.56. The molecule has 0 atom stereocenters. The number of furan rings is 1. The zero-order valence-electron chi connectivity index (χ0n) is 26.7. The van der Waals surface area contributed by atoms with E-state index in [1.54, 1.807) is 0 Å². The van der Waals surface area contributed by atoms with Gasteiger partial charge in [-0.3, -0.25) is 0 Å². The van der Waals surface area contributed by atoms with Gasteiger partial charge in [-0.2, -0.15) is 0 Å². The molecule has 0 N–H and O–H groups in total. The van der Waals surface area contributed by atoms with E-state index in [0.717, 1.165) is 21.9 Å². The van der Waals surface area contributed by atoms with Gasteiger partial charge in [0.25, 0.3) is 0 Å². The topological polar surface area (TPSA) is 13.1 Å². The highest BCUT2D eigenvalue weighted by atomic mass is 16.3. The molecule has 1 aromatic heterocycles. The van der Waals surface area contributed by atoms with Crippen LogP contribution in [0.4, 0.5) is 0 Å². The van der Waals surface area contributed by atoms with Gasteiger partial charge in [0.1, 0.15) is 11.2 Å². The molecule has 0 bridgehead atoms. The van der Waals surface area contributed by atoms with Crippen molar-refractivity contribution >= 4 is 54.3 Å². The summed E-state index contributed by atoms with van der Waals surface area (Å²) in [5, 5.41) is 9.76. The fourth-order valence-electron chi connectivity index (χ4n) is 8.02. The van der Waals surface area contributed by atoms with Crippen molar-refractivity contribution < 1.29 is 4.42 Å². The maximum atomic E-state index is 6.45. The standard InChI is InChI=1S/C48H30O/c1-3-15-31(16-4-1)33-29-30-44-48(42-25-13-14-26-43(42)49-44)47(33)41-28-27-40(34-19-7-8-20-35(34)41)46-38-23-11-9-21-36(38)45(32-17-5-2-6-18-32)37-22-10-12-24-39(37)46/h1-30H. The molecule has 0 saturated carbocycles. The molecule has 1 heterocycles. The second-order valence-corrected chi connectivity index (χ2v) is 12.7. The Labute approximate surface area is 284 Å². The van der Waals surface area contributed by atoms with E-state index in [1.807, 2.05) is 6.07 Å². The molecule has 1 nitrogen and oxygen atoms in total. The van der Waals surface area contributed by atoms with Gasteiger partial charge in [0, 0.05) is 16.3 Å². The fraction of sp³-hybridized carbons (Fsp3) is 0. The highest BCUT2D eigenvalue weighted by molar-refractivity contribution is 6.25. The van der Waals surface area contributed by atoms with Crippen LogP contribution in [-0.4, -0.2) is 0 Å². The van der Waals surface area contributed by atoms with Crippen molar-refractivity contribution in [2.45, 2.75) is 0 Å². The van der Waals surface area contributed by atoms with Gasteiger partial charge in [-0.15, -0.1) is 0 Å². The summed E-state index contributed by atoms with van der Waals surface area (Å²) in [5.74, 6) is 0. The maximum absolute atomic E-state index is 6.45. The number of hydrogen-bond acceptors (Lipinski definition) is 1. The van der Waals surface area contributed by atoms with Gasteiger partial charge < -0.3 is 4.42 Å². The lowest BCUT2D eigenvalue weighted by Gasteiger charge is -2.20. The fourth-order valence-corrected chi connectivity index (χ4v) is 8.02. The average molecular weight is 623 g/mol. The Morgan fingerprint density at radius 3 is 1.27 bits per heavy atom. The van der Waals surface area contributed by atoms with E-state index in [9.17, 15) is 0 Å². The summed E-state index contributed by atoms with van der Waals surface area (Å²) in [6.45, 7) is 0. The van der Waals surface area contributed by atoms with Crippen LogP contribution in [0.1, 0.15) is 0 Å². The third-order valence-corrected chi connectivity index (χ3v) is 10.1. The Morgan fingerprint density at radius 2 is 0.673 bits per heavy atom. The minimum atomic E-state index is 0.900. The second kappa shape index (κ2) is 11.1. The molecule has 0 amide bonds. The quantitative estimate of drug-likeness (QED) is 0.178. The summed E-state index contributed by atoms with van der Waals surface area (Å²) in [6, 6.07) is 65.7. The van der Waals surface area contributed by atoms with Crippen molar-refractivity contribution in [1.82, 2.24) is 0 Å².